The van der Waals surface area contributed by atoms with Gasteiger partial charge in [0.1, 0.15) is 0 Å². The minimum Gasteiger partial charge on any atom is -0.504 e. The van der Waals surface area contributed by atoms with Gasteiger partial charge in [-0.05, 0) is 37.8 Å². The number of phenolic OH excluding ortho intramolecular Hbond substituents is 1. The topological polar surface area (TPSA) is 121 Å². The lowest BCUT2D eigenvalue weighted by Gasteiger charge is -2.42. The number of carbonyl (C=O) groups excluding carboxylic acids is 4. The number of Topliss-reactive ketones (excluding diaryl/α,β-unsaturated/α-hetero) is 1. The molecule has 1 fully saturated rings. The summed E-state index contributed by atoms with van der Waals surface area (Å²) in [4.78, 5) is 51.3. The molecule has 0 aromatic heterocycles. The number of hydrogen-bond donors (Lipinski definition) is 2. The van der Waals surface area contributed by atoms with E-state index in [1.54, 1.807) is 25.1 Å². The molecule has 0 saturated carbocycles. The van der Waals surface area contributed by atoms with E-state index in [2.05, 4.69) is 0 Å². The maximum atomic E-state index is 13.1. The predicted molar refractivity (Wildman–Crippen MR) is 110 cm³/mol. The fourth-order valence-electron chi connectivity index (χ4n) is 5.66. The highest BCUT2D eigenvalue weighted by atomic mass is 16.5. The fraction of sp³-hybridized carbons (Fsp3) is 0.333. The first-order chi connectivity index (χ1) is 15.3. The van der Waals surface area contributed by atoms with Gasteiger partial charge in [0.05, 0.1) is 18.9 Å². The maximum absolute atomic E-state index is 13.1. The summed E-state index contributed by atoms with van der Waals surface area (Å²) < 4.78 is 5.24. The third-order valence-electron chi connectivity index (χ3n) is 7.10. The Bertz CT molecular complexity index is 1200. The summed E-state index contributed by atoms with van der Waals surface area (Å²) in [5.74, 6) is -4.76. The second kappa shape index (κ2) is 7.00. The van der Waals surface area contributed by atoms with E-state index in [-0.39, 0.29) is 46.5 Å². The van der Waals surface area contributed by atoms with Crippen molar-refractivity contribution < 1.29 is 34.2 Å². The van der Waals surface area contributed by atoms with Crippen LogP contribution in [0.15, 0.2) is 52.6 Å². The summed E-state index contributed by atoms with van der Waals surface area (Å²) in [6.07, 6.45) is 3.45. The van der Waals surface area contributed by atoms with Crippen molar-refractivity contribution in [3.8, 4) is 11.5 Å². The molecule has 2 N–H and O–H groups in total. The van der Waals surface area contributed by atoms with Gasteiger partial charge < -0.3 is 9.84 Å². The molecule has 1 saturated heterocycles. The number of benzene rings is 1. The number of methoxy groups -OCH3 is 1. The Morgan fingerprint density at radius 3 is 2.56 bits per heavy atom. The first-order valence-electron chi connectivity index (χ1n) is 10.4. The number of para-hydroxylation sites is 1. The van der Waals surface area contributed by atoms with Crippen molar-refractivity contribution in [3.05, 3.63) is 58.2 Å². The largest absolute Gasteiger partial charge is 0.504 e. The number of ether oxygens (including phenoxy) is 1. The lowest BCUT2D eigenvalue weighted by molar-refractivity contribution is -0.173. The first-order valence-corrected chi connectivity index (χ1v) is 10.4. The summed E-state index contributed by atoms with van der Waals surface area (Å²) in [6.45, 7) is 1.57. The van der Waals surface area contributed by atoms with Crippen LogP contribution in [-0.4, -0.2) is 45.9 Å². The van der Waals surface area contributed by atoms with E-state index in [0.717, 1.165) is 0 Å². The Labute approximate surface area is 183 Å². The predicted octanol–water partition coefficient (Wildman–Crippen LogP) is 2.22. The zero-order chi connectivity index (χ0) is 22.9. The van der Waals surface area contributed by atoms with E-state index in [1.807, 2.05) is 6.08 Å². The highest BCUT2D eigenvalue weighted by molar-refractivity contribution is 6.23. The van der Waals surface area contributed by atoms with E-state index in [9.17, 15) is 29.5 Å². The number of rotatable bonds is 2. The van der Waals surface area contributed by atoms with E-state index < -0.39 is 35.5 Å². The third kappa shape index (κ3) is 2.59. The molecule has 0 spiro atoms. The van der Waals surface area contributed by atoms with Gasteiger partial charge in [-0.3, -0.25) is 24.4 Å². The van der Waals surface area contributed by atoms with E-state index in [1.165, 1.54) is 13.2 Å². The summed E-state index contributed by atoms with van der Waals surface area (Å²) in [6, 6.07) is 4.92. The Balaban J connectivity index is 1.74. The number of hydrogen-bond acceptors (Lipinski definition) is 7. The van der Waals surface area contributed by atoms with Crippen molar-refractivity contribution in [2.75, 3.05) is 7.11 Å². The average molecular weight is 435 g/mol. The van der Waals surface area contributed by atoms with Gasteiger partial charge in [0.15, 0.2) is 23.1 Å². The molecule has 32 heavy (non-hydrogen) atoms. The third-order valence-corrected chi connectivity index (χ3v) is 7.10. The molecular formula is C24H21NO7. The maximum Gasteiger partial charge on any atom is 0.257 e. The van der Waals surface area contributed by atoms with Gasteiger partial charge in [-0.1, -0.05) is 23.8 Å². The number of phenols is 1. The van der Waals surface area contributed by atoms with Gasteiger partial charge in [0, 0.05) is 28.2 Å². The standard InChI is InChI=1S/C24H21NO7/c1-10-8-16(26)20-15(21(10)27)9-14-11(6-7-13-19(14)24(30)25(31)23(13)29)18(20)12-4-3-5-17(32-2)22(12)28/h3-6,8,13-14,18-19,28,31H,7,9H2,1-2H3. The van der Waals surface area contributed by atoms with Gasteiger partial charge >= 0.3 is 0 Å². The molecule has 1 aliphatic heterocycles. The molecule has 4 aliphatic rings. The van der Waals surface area contributed by atoms with Crippen LogP contribution in [0.5, 0.6) is 11.5 Å². The van der Waals surface area contributed by atoms with Gasteiger partial charge in [-0.2, -0.15) is 5.06 Å². The van der Waals surface area contributed by atoms with Crippen LogP contribution in [0.25, 0.3) is 0 Å². The molecule has 4 unspecified atom stereocenters. The molecule has 8 heteroatoms. The van der Waals surface area contributed by atoms with Crippen LogP contribution in [0.3, 0.4) is 0 Å². The van der Waals surface area contributed by atoms with E-state index >= 15 is 0 Å². The molecule has 1 aromatic rings. The smallest absolute Gasteiger partial charge is 0.257 e. The SMILES string of the molecule is COc1cccc(C2C3=CCC4C(=O)N(O)C(=O)C4C3CC3=C2C(=O)C=C(C)C3=O)c1O. The normalized spacial score (nSPS) is 29.4. The van der Waals surface area contributed by atoms with Gasteiger partial charge in [-0.15, -0.1) is 0 Å². The number of carbonyl (C=O) groups is 4. The van der Waals surface area contributed by atoms with Crippen molar-refractivity contribution in [2.24, 2.45) is 17.8 Å². The molecule has 4 atom stereocenters. The molecule has 164 valence electrons. The zero-order valence-electron chi connectivity index (χ0n) is 17.5. The van der Waals surface area contributed by atoms with Crippen LogP contribution in [0.2, 0.25) is 0 Å². The highest BCUT2D eigenvalue weighted by Gasteiger charge is 2.56. The van der Waals surface area contributed by atoms with Crippen LogP contribution in [0.4, 0.5) is 0 Å². The summed E-state index contributed by atoms with van der Waals surface area (Å²) in [5.41, 5.74) is 1.96. The molecule has 1 heterocycles. The van der Waals surface area contributed by atoms with Crippen molar-refractivity contribution >= 4 is 23.4 Å². The molecule has 2 amide bonds. The Morgan fingerprint density at radius 2 is 1.84 bits per heavy atom. The number of aromatic hydroxyl groups is 1. The van der Waals surface area contributed by atoms with Crippen LogP contribution < -0.4 is 4.74 Å². The van der Waals surface area contributed by atoms with Crippen LogP contribution >= 0.6 is 0 Å². The quantitative estimate of drug-likeness (QED) is 0.316. The molecule has 8 nitrogen and oxygen atoms in total. The van der Waals surface area contributed by atoms with Crippen molar-refractivity contribution in [1.29, 1.82) is 0 Å². The first kappa shape index (κ1) is 20.4. The van der Waals surface area contributed by atoms with Gasteiger partial charge in [-0.25, -0.2) is 0 Å². The number of hydroxylamine groups is 2. The monoisotopic (exact) mass is 435 g/mol. The average Bonchev–Trinajstić information content (AvgIpc) is 3.00. The minimum atomic E-state index is -0.828. The summed E-state index contributed by atoms with van der Waals surface area (Å²) in [7, 11) is 1.41. The number of imide groups is 1. The van der Waals surface area contributed by atoms with Crippen LogP contribution in [0, 0.1) is 17.8 Å². The summed E-state index contributed by atoms with van der Waals surface area (Å²) in [5, 5.41) is 21.0. The number of fused-ring (bicyclic) bond motifs is 3. The summed E-state index contributed by atoms with van der Waals surface area (Å²) >= 11 is 0. The molecule has 0 radical (unpaired) electrons. The van der Waals surface area contributed by atoms with Crippen LogP contribution in [0.1, 0.15) is 31.2 Å². The van der Waals surface area contributed by atoms with Crippen molar-refractivity contribution in [3.63, 3.8) is 0 Å². The second-order valence-electron chi connectivity index (χ2n) is 8.62. The molecule has 3 aliphatic carbocycles. The van der Waals surface area contributed by atoms with Gasteiger partial charge in [0.2, 0.25) is 0 Å². The Kier molecular flexibility index (Phi) is 4.46. The number of amides is 2. The lowest BCUT2D eigenvalue weighted by atomic mass is 9.59. The number of allylic oxidation sites excluding steroid dienone is 6. The lowest BCUT2D eigenvalue weighted by Crippen LogP contribution is -2.39. The van der Waals surface area contributed by atoms with Crippen LogP contribution in [-0.2, 0) is 19.2 Å². The van der Waals surface area contributed by atoms with E-state index in [0.29, 0.717) is 22.3 Å². The molecular weight excluding hydrogens is 414 g/mol. The number of nitrogens with zero attached hydrogens (tertiary/aromatic N) is 1. The number of ketones is 2. The Hall–Kier alpha value is -3.52. The molecule has 1 aromatic carbocycles. The minimum absolute atomic E-state index is 0.117. The molecule has 5 rings (SSSR count). The Morgan fingerprint density at radius 1 is 1.09 bits per heavy atom. The zero-order valence-corrected chi connectivity index (χ0v) is 17.5. The second-order valence-corrected chi connectivity index (χ2v) is 8.62. The van der Waals surface area contributed by atoms with Crippen molar-refractivity contribution in [1.82, 2.24) is 5.06 Å². The van der Waals surface area contributed by atoms with Crippen molar-refractivity contribution in [2.45, 2.75) is 25.7 Å². The molecule has 0 bridgehead atoms. The van der Waals surface area contributed by atoms with E-state index in [4.69, 9.17) is 4.74 Å². The van der Waals surface area contributed by atoms with Gasteiger partial charge in [0.25, 0.3) is 11.8 Å². The highest BCUT2D eigenvalue weighted by Crippen LogP contribution is 2.56. The fourth-order valence-corrected chi connectivity index (χ4v) is 5.66.